The van der Waals surface area contributed by atoms with Gasteiger partial charge < -0.3 is 18.5 Å². The molecule has 1 fully saturated rings. The Balaban J connectivity index is 2.55. The zero-order valence-electron chi connectivity index (χ0n) is 12.1. The van der Waals surface area contributed by atoms with Gasteiger partial charge in [0.05, 0.1) is 19.3 Å². The second-order valence-electron chi connectivity index (χ2n) is 4.34. The molecule has 0 unspecified atom stereocenters. The van der Waals surface area contributed by atoms with Crippen LogP contribution in [0.5, 0.6) is 0 Å². The van der Waals surface area contributed by atoms with Crippen molar-refractivity contribution in [1.29, 1.82) is 0 Å². The summed E-state index contributed by atoms with van der Waals surface area (Å²) in [5.41, 5.74) is 0. The summed E-state index contributed by atoms with van der Waals surface area (Å²) >= 11 is 2.24. The summed E-state index contributed by atoms with van der Waals surface area (Å²) < 4.78 is 34.9. The van der Waals surface area contributed by atoms with Crippen LogP contribution in [0.2, 0.25) is 0 Å². The smallest absolute Gasteiger partial charge is 0.353 e. The van der Waals surface area contributed by atoms with Gasteiger partial charge in [-0.25, -0.2) is 0 Å². The lowest BCUT2D eigenvalue weighted by atomic mass is 10.2. The van der Waals surface area contributed by atoms with Crippen LogP contribution in [0.3, 0.4) is 0 Å². The molecule has 7 heteroatoms. The van der Waals surface area contributed by atoms with Crippen molar-refractivity contribution < 1.29 is 23.1 Å². The van der Waals surface area contributed by atoms with E-state index in [2.05, 4.69) is 22.6 Å². The molecule has 0 amide bonds. The third-order valence-electron chi connectivity index (χ3n) is 2.72. The number of alkyl halides is 1. The first kappa shape index (κ1) is 18.6. The van der Waals surface area contributed by atoms with Gasteiger partial charge in [-0.15, -0.1) is 0 Å². The molecule has 0 aliphatic carbocycles. The predicted octanol–water partition coefficient (Wildman–Crippen LogP) is 4.11. The molecular formula is C13H24IO5P. The minimum absolute atomic E-state index is 0.145. The van der Waals surface area contributed by atoms with Gasteiger partial charge in [0.1, 0.15) is 0 Å². The summed E-state index contributed by atoms with van der Waals surface area (Å²) in [6.45, 7) is 5.04. The van der Waals surface area contributed by atoms with E-state index in [1.807, 2.05) is 0 Å². The van der Waals surface area contributed by atoms with E-state index in [0.29, 0.717) is 13.2 Å². The minimum atomic E-state index is -3.14. The quantitative estimate of drug-likeness (QED) is 0.321. The van der Waals surface area contributed by atoms with Gasteiger partial charge in [0.15, 0.2) is 6.29 Å². The molecule has 2 atom stereocenters. The zero-order chi connectivity index (χ0) is 14.8. The molecule has 1 rings (SSSR count). The van der Waals surface area contributed by atoms with Crippen molar-refractivity contribution in [1.82, 2.24) is 0 Å². The van der Waals surface area contributed by atoms with Gasteiger partial charge in [0, 0.05) is 16.9 Å². The second kappa shape index (κ2) is 10.3. The van der Waals surface area contributed by atoms with Crippen LogP contribution in [0.15, 0.2) is 11.9 Å². The second-order valence-corrected chi connectivity index (χ2v) is 7.12. The number of hydrogen-bond acceptors (Lipinski definition) is 5. The van der Waals surface area contributed by atoms with Gasteiger partial charge in [-0.05, 0) is 39.2 Å². The summed E-state index contributed by atoms with van der Waals surface area (Å²) in [7, 11) is -3.14. The highest BCUT2D eigenvalue weighted by atomic mass is 127. The average Bonchev–Trinajstić information content (AvgIpc) is 2.45. The first-order valence-electron chi connectivity index (χ1n) is 7.04. The highest BCUT2D eigenvalue weighted by molar-refractivity contribution is 14.1. The Hall–Kier alpha value is 0.540. The van der Waals surface area contributed by atoms with E-state index in [1.54, 1.807) is 19.9 Å². The largest absolute Gasteiger partial charge is 0.353 e. The fourth-order valence-corrected chi connectivity index (χ4v) is 3.70. The Labute approximate surface area is 135 Å². The summed E-state index contributed by atoms with van der Waals surface area (Å²) in [6.07, 6.45) is 4.58. The Morgan fingerprint density at radius 2 is 2.05 bits per heavy atom. The van der Waals surface area contributed by atoms with Crippen LogP contribution in [-0.2, 0) is 23.1 Å². The average molecular weight is 418 g/mol. The molecule has 0 radical (unpaired) electrons. The summed E-state index contributed by atoms with van der Waals surface area (Å²) in [4.78, 5) is 0. The van der Waals surface area contributed by atoms with E-state index >= 15 is 0 Å². The van der Waals surface area contributed by atoms with Gasteiger partial charge in [0.25, 0.3) is 0 Å². The Kier molecular flexibility index (Phi) is 9.57. The van der Waals surface area contributed by atoms with Gasteiger partial charge >= 0.3 is 7.60 Å². The van der Waals surface area contributed by atoms with Crippen molar-refractivity contribution in [2.24, 2.45) is 0 Å². The van der Waals surface area contributed by atoms with Crippen molar-refractivity contribution in [3.05, 3.63) is 11.9 Å². The van der Waals surface area contributed by atoms with E-state index in [4.69, 9.17) is 18.5 Å². The fraction of sp³-hybridized carbons (Fsp3) is 0.846. The van der Waals surface area contributed by atoms with Crippen molar-refractivity contribution in [2.75, 3.05) is 24.2 Å². The first-order valence-corrected chi connectivity index (χ1v) is 10.2. The van der Waals surface area contributed by atoms with E-state index in [9.17, 15) is 4.57 Å². The lowest BCUT2D eigenvalue weighted by Crippen LogP contribution is -2.27. The van der Waals surface area contributed by atoms with Crippen LogP contribution in [0.25, 0.3) is 0 Å². The fourth-order valence-electron chi connectivity index (χ4n) is 1.83. The molecule has 20 heavy (non-hydrogen) atoms. The molecule has 5 nitrogen and oxygen atoms in total. The predicted molar refractivity (Wildman–Crippen MR) is 87.3 cm³/mol. The maximum Gasteiger partial charge on any atom is 0.353 e. The molecule has 118 valence electrons. The SMILES string of the molecule is CCOP(=O)(/C=C/[C@@H](CI)O[C@@H]1CCCCO1)OCC. The number of ether oxygens (including phenoxy) is 2. The molecule has 1 heterocycles. The number of halogens is 1. The third kappa shape index (κ3) is 7.00. The van der Waals surface area contributed by atoms with E-state index < -0.39 is 7.60 Å². The normalized spacial score (nSPS) is 22.2. The molecule has 1 saturated heterocycles. The molecule has 1 aliphatic heterocycles. The molecule has 0 N–H and O–H groups in total. The lowest BCUT2D eigenvalue weighted by molar-refractivity contribution is -0.173. The Bertz CT molecular complexity index is 321. The van der Waals surface area contributed by atoms with Gasteiger partial charge in [-0.1, -0.05) is 22.6 Å². The molecule has 0 aromatic heterocycles. The lowest BCUT2D eigenvalue weighted by Gasteiger charge is -2.25. The standard InChI is InChI=1S/C13H24IO5P/c1-3-17-20(15,18-4-2)10-8-12(11-14)19-13-7-5-6-9-16-13/h8,10,12-13H,3-7,9,11H2,1-2H3/b10-8+/t12-,13+/m0/s1. The number of hydrogen-bond donors (Lipinski definition) is 0. The van der Waals surface area contributed by atoms with Gasteiger partial charge in [-0.3, -0.25) is 4.57 Å². The minimum Gasteiger partial charge on any atom is -0.353 e. The van der Waals surface area contributed by atoms with Crippen LogP contribution < -0.4 is 0 Å². The maximum absolute atomic E-state index is 12.3. The third-order valence-corrected chi connectivity index (χ3v) is 5.36. The summed E-state index contributed by atoms with van der Waals surface area (Å²) in [6, 6.07) is 0. The molecule has 0 spiro atoms. The molecule has 0 bridgehead atoms. The molecule has 1 aliphatic rings. The van der Waals surface area contributed by atoms with Crippen molar-refractivity contribution >= 4 is 30.2 Å². The highest BCUT2D eigenvalue weighted by Crippen LogP contribution is 2.49. The van der Waals surface area contributed by atoms with Crippen LogP contribution >= 0.6 is 30.2 Å². The monoisotopic (exact) mass is 418 g/mol. The Morgan fingerprint density at radius 1 is 1.35 bits per heavy atom. The van der Waals surface area contributed by atoms with Crippen LogP contribution in [0.4, 0.5) is 0 Å². The van der Waals surface area contributed by atoms with E-state index in [-0.39, 0.29) is 12.4 Å². The molecular weight excluding hydrogens is 394 g/mol. The number of rotatable bonds is 9. The van der Waals surface area contributed by atoms with Crippen molar-refractivity contribution in [3.63, 3.8) is 0 Å². The van der Waals surface area contributed by atoms with Crippen LogP contribution in [0, 0.1) is 0 Å². The van der Waals surface area contributed by atoms with Crippen molar-refractivity contribution in [2.45, 2.75) is 45.5 Å². The molecule has 0 saturated carbocycles. The summed E-state index contributed by atoms with van der Waals surface area (Å²) in [5.74, 6) is 1.51. The summed E-state index contributed by atoms with van der Waals surface area (Å²) in [5, 5.41) is 0. The van der Waals surface area contributed by atoms with Crippen molar-refractivity contribution in [3.8, 4) is 0 Å². The van der Waals surface area contributed by atoms with Crippen LogP contribution in [-0.4, -0.2) is 36.6 Å². The van der Waals surface area contributed by atoms with Gasteiger partial charge in [0.2, 0.25) is 0 Å². The molecule has 0 aromatic rings. The topological polar surface area (TPSA) is 54.0 Å². The van der Waals surface area contributed by atoms with E-state index in [0.717, 1.165) is 30.3 Å². The zero-order valence-corrected chi connectivity index (χ0v) is 15.2. The van der Waals surface area contributed by atoms with Gasteiger partial charge in [-0.2, -0.15) is 0 Å². The van der Waals surface area contributed by atoms with E-state index in [1.165, 1.54) is 5.82 Å². The highest BCUT2D eigenvalue weighted by Gasteiger charge is 2.22. The maximum atomic E-state index is 12.3. The molecule has 0 aromatic carbocycles. The first-order chi connectivity index (χ1) is 9.63. The Morgan fingerprint density at radius 3 is 2.55 bits per heavy atom. The van der Waals surface area contributed by atoms with Crippen LogP contribution in [0.1, 0.15) is 33.1 Å².